The number of alkyl halides is 1. The molecule has 0 unspecified atom stereocenters. The number of hydrogen-bond donors (Lipinski definition) is 1. The van der Waals surface area contributed by atoms with Gasteiger partial charge in [-0.15, -0.1) is 0 Å². The van der Waals surface area contributed by atoms with E-state index in [4.69, 9.17) is 0 Å². The van der Waals surface area contributed by atoms with E-state index in [0.717, 1.165) is 39.2 Å². The van der Waals surface area contributed by atoms with Crippen LogP contribution in [0.3, 0.4) is 0 Å². The van der Waals surface area contributed by atoms with Crippen LogP contribution < -0.4 is 0 Å². The van der Waals surface area contributed by atoms with E-state index in [1.165, 1.54) is 12.1 Å². The lowest BCUT2D eigenvalue weighted by Crippen LogP contribution is -2.03. The number of aromatic amines is 1. The van der Waals surface area contributed by atoms with E-state index < -0.39 is 6.17 Å². The zero-order valence-corrected chi connectivity index (χ0v) is 14.0. The lowest BCUT2D eigenvalue weighted by atomic mass is 9.96. The number of rotatable bonds is 2. The van der Waals surface area contributed by atoms with Crippen LogP contribution in [-0.4, -0.2) is 31.1 Å². The fourth-order valence-corrected chi connectivity index (χ4v) is 3.67. The highest BCUT2D eigenvalue weighted by molar-refractivity contribution is 5.97. The standard InChI is InChI=1S/C19H15F2N5/c1-10-6-14(15-8-22-24-19(15)23-10)17-16-7-13(21)9-26(16)25-18(17)11-2-4-12(20)5-3-11/h2-6,8,13H,7,9H2,1H3,(H,22,23,24)/t13-/m0/s1. The molecule has 0 bridgehead atoms. The molecule has 1 aliphatic rings. The van der Waals surface area contributed by atoms with E-state index in [1.54, 1.807) is 23.0 Å². The Labute approximate surface area is 147 Å². The van der Waals surface area contributed by atoms with Crippen molar-refractivity contribution in [2.24, 2.45) is 0 Å². The number of pyridine rings is 1. The average Bonchev–Trinajstić information content (AvgIpc) is 3.28. The van der Waals surface area contributed by atoms with Gasteiger partial charge in [-0.1, -0.05) is 0 Å². The summed E-state index contributed by atoms with van der Waals surface area (Å²) < 4.78 is 29.1. The maximum atomic E-state index is 14.0. The van der Waals surface area contributed by atoms with Gasteiger partial charge in [0.25, 0.3) is 0 Å². The lowest BCUT2D eigenvalue weighted by molar-refractivity contribution is 0.322. The summed E-state index contributed by atoms with van der Waals surface area (Å²) in [7, 11) is 0. The summed E-state index contributed by atoms with van der Waals surface area (Å²) in [5.74, 6) is -0.303. The Morgan fingerprint density at radius 1 is 1.23 bits per heavy atom. The molecular weight excluding hydrogens is 336 g/mol. The number of H-pyrrole nitrogens is 1. The quantitative estimate of drug-likeness (QED) is 0.597. The second-order valence-electron chi connectivity index (χ2n) is 6.60. The van der Waals surface area contributed by atoms with Crippen LogP contribution >= 0.6 is 0 Å². The summed E-state index contributed by atoms with van der Waals surface area (Å²) in [6, 6.07) is 8.18. The maximum absolute atomic E-state index is 14.0. The molecule has 26 heavy (non-hydrogen) atoms. The van der Waals surface area contributed by atoms with Crippen molar-refractivity contribution in [2.75, 3.05) is 0 Å². The molecule has 0 radical (unpaired) electrons. The first-order chi connectivity index (χ1) is 12.6. The first-order valence-corrected chi connectivity index (χ1v) is 8.41. The maximum Gasteiger partial charge on any atom is 0.155 e. The monoisotopic (exact) mass is 351 g/mol. The van der Waals surface area contributed by atoms with Crippen molar-refractivity contribution < 1.29 is 8.78 Å². The Hall–Kier alpha value is -3.09. The van der Waals surface area contributed by atoms with E-state index >= 15 is 0 Å². The second kappa shape index (κ2) is 5.45. The highest BCUT2D eigenvalue weighted by atomic mass is 19.1. The Morgan fingerprint density at radius 2 is 2.04 bits per heavy atom. The molecule has 4 aromatic rings. The molecule has 130 valence electrons. The molecule has 1 aliphatic heterocycles. The Bertz CT molecular complexity index is 1130. The predicted octanol–water partition coefficient (Wildman–Crippen LogP) is 3.83. The smallest absolute Gasteiger partial charge is 0.155 e. The van der Waals surface area contributed by atoms with Crippen molar-refractivity contribution >= 4 is 11.0 Å². The summed E-state index contributed by atoms with van der Waals surface area (Å²) in [6.45, 7) is 2.14. The van der Waals surface area contributed by atoms with Crippen molar-refractivity contribution in [3.05, 3.63) is 53.7 Å². The van der Waals surface area contributed by atoms with Crippen molar-refractivity contribution in [1.29, 1.82) is 0 Å². The average molecular weight is 351 g/mol. The van der Waals surface area contributed by atoms with Crippen molar-refractivity contribution in [3.8, 4) is 22.4 Å². The number of nitrogens with zero attached hydrogens (tertiary/aromatic N) is 4. The molecular formula is C19H15F2N5. The highest BCUT2D eigenvalue weighted by Crippen LogP contribution is 2.40. The van der Waals surface area contributed by atoms with Crippen LogP contribution in [0, 0.1) is 12.7 Å². The van der Waals surface area contributed by atoms with Crippen LogP contribution in [0.5, 0.6) is 0 Å². The van der Waals surface area contributed by atoms with Crippen molar-refractivity contribution in [3.63, 3.8) is 0 Å². The number of hydrogen-bond acceptors (Lipinski definition) is 3. The van der Waals surface area contributed by atoms with E-state index in [2.05, 4.69) is 20.3 Å². The van der Waals surface area contributed by atoms with Crippen LogP contribution in [0.25, 0.3) is 33.4 Å². The molecule has 0 amide bonds. The third-order valence-corrected chi connectivity index (χ3v) is 4.78. The molecule has 0 spiro atoms. The lowest BCUT2D eigenvalue weighted by Gasteiger charge is -2.08. The summed E-state index contributed by atoms with van der Waals surface area (Å²) in [6.07, 6.45) is 1.09. The van der Waals surface area contributed by atoms with Crippen LogP contribution in [-0.2, 0) is 13.0 Å². The summed E-state index contributed by atoms with van der Waals surface area (Å²) in [5.41, 5.74) is 5.66. The van der Waals surface area contributed by atoms with Crippen LogP contribution in [0.1, 0.15) is 11.4 Å². The molecule has 0 saturated heterocycles. The normalized spacial score (nSPS) is 16.3. The van der Waals surface area contributed by atoms with Gasteiger partial charge in [-0.2, -0.15) is 10.2 Å². The first kappa shape index (κ1) is 15.2. The SMILES string of the molecule is Cc1cc(-c2c(-c3ccc(F)cc3)nn3c2C[C@H](F)C3)c2cn[nH]c2n1. The van der Waals surface area contributed by atoms with E-state index in [9.17, 15) is 8.78 Å². The van der Waals surface area contributed by atoms with Gasteiger partial charge in [0.1, 0.15) is 17.7 Å². The number of benzene rings is 1. The third-order valence-electron chi connectivity index (χ3n) is 4.78. The largest absolute Gasteiger partial charge is 0.265 e. The molecule has 5 rings (SSSR count). The van der Waals surface area contributed by atoms with Crippen LogP contribution in [0.4, 0.5) is 8.78 Å². The zero-order valence-electron chi connectivity index (χ0n) is 14.0. The minimum atomic E-state index is -0.943. The van der Waals surface area contributed by atoms with Gasteiger partial charge < -0.3 is 0 Å². The third kappa shape index (κ3) is 2.23. The Balaban J connectivity index is 1.82. The number of nitrogens with one attached hydrogen (secondary N) is 1. The van der Waals surface area contributed by atoms with Gasteiger partial charge in [-0.3, -0.25) is 9.78 Å². The van der Waals surface area contributed by atoms with Crippen LogP contribution in [0.2, 0.25) is 0 Å². The summed E-state index contributed by atoms with van der Waals surface area (Å²) in [5, 5.41) is 12.5. The fourth-order valence-electron chi connectivity index (χ4n) is 3.67. The highest BCUT2D eigenvalue weighted by Gasteiger charge is 2.30. The molecule has 3 aromatic heterocycles. The molecule has 4 heterocycles. The number of aryl methyl sites for hydroxylation is 1. The van der Waals surface area contributed by atoms with Gasteiger partial charge in [0.05, 0.1) is 12.7 Å². The molecule has 5 nitrogen and oxygen atoms in total. The molecule has 0 fully saturated rings. The molecule has 7 heteroatoms. The topological polar surface area (TPSA) is 59.4 Å². The Morgan fingerprint density at radius 3 is 2.85 bits per heavy atom. The van der Waals surface area contributed by atoms with Crippen molar-refractivity contribution in [2.45, 2.75) is 26.1 Å². The van der Waals surface area contributed by atoms with Gasteiger partial charge in [-0.25, -0.2) is 13.8 Å². The molecule has 1 N–H and O–H groups in total. The van der Waals surface area contributed by atoms with Gasteiger partial charge >= 0.3 is 0 Å². The van der Waals surface area contributed by atoms with Gasteiger partial charge in [0.2, 0.25) is 0 Å². The summed E-state index contributed by atoms with van der Waals surface area (Å²) in [4.78, 5) is 4.46. The number of fused-ring (bicyclic) bond motifs is 2. The Kier molecular flexibility index (Phi) is 3.19. The van der Waals surface area contributed by atoms with E-state index in [1.807, 2.05) is 13.0 Å². The predicted molar refractivity (Wildman–Crippen MR) is 93.8 cm³/mol. The minimum Gasteiger partial charge on any atom is -0.265 e. The number of aromatic nitrogens is 5. The van der Waals surface area contributed by atoms with E-state index in [-0.39, 0.29) is 12.4 Å². The molecule has 0 saturated carbocycles. The van der Waals surface area contributed by atoms with E-state index in [0.29, 0.717) is 12.1 Å². The zero-order chi connectivity index (χ0) is 17.8. The van der Waals surface area contributed by atoms with Gasteiger partial charge in [0.15, 0.2) is 5.65 Å². The van der Waals surface area contributed by atoms with Gasteiger partial charge in [-0.05, 0) is 37.3 Å². The van der Waals surface area contributed by atoms with Crippen LogP contribution in [0.15, 0.2) is 36.5 Å². The summed E-state index contributed by atoms with van der Waals surface area (Å²) >= 11 is 0. The minimum absolute atomic E-state index is 0.238. The molecule has 1 aromatic carbocycles. The molecule has 0 aliphatic carbocycles. The van der Waals surface area contributed by atoms with Crippen molar-refractivity contribution in [1.82, 2.24) is 25.0 Å². The second-order valence-corrected chi connectivity index (χ2v) is 6.60. The van der Waals surface area contributed by atoms with Gasteiger partial charge in [0, 0.05) is 39.9 Å². The first-order valence-electron chi connectivity index (χ1n) is 8.41. The fraction of sp³-hybridized carbons (Fsp3) is 0.211. The number of halogens is 2. The molecule has 1 atom stereocenters.